The quantitative estimate of drug-likeness (QED) is 0.310. The van der Waals surface area contributed by atoms with Crippen molar-refractivity contribution in [2.24, 2.45) is 10.9 Å². The first-order valence-electron chi connectivity index (χ1n) is 11.9. The zero-order valence-corrected chi connectivity index (χ0v) is 20.0. The number of guanidine groups is 1. The van der Waals surface area contributed by atoms with Crippen molar-refractivity contribution in [1.29, 1.82) is 0 Å². The first-order valence-corrected chi connectivity index (χ1v) is 11.9. The molecule has 1 fully saturated rings. The summed E-state index contributed by atoms with van der Waals surface area (Å²) in [6.45, 7) is 8.36. The molecule has 8 heteroatoms. The summed E-state index contributed by atoms with van der Waals surface area (Å²) in [4.78, 5) is 37.0. The lowest BCUT2D eigenvalue weighted by atomic mass is 10.1. The number of piperazine rings is 1. The molecule has 0 saturated carbocycles. The van der Waals surface area contributed by atoms with Crippen LogP contribution in [0.2, 0.25) is 0 Å². The Bertz CT molecular complexity index is 714. The number of carbonyl (C=O) groups excluding carboxylic acids is 2. The predicted molar refractivity (Wildman–Crippen MR) is 128 cm³/mol. The monoisotopic (exact) mass is 444 g/mol. The summed E-state index contributed by atoms with van der Waals surface area (Å²) in [5, 5.41) is 6.62. The Balaban J connectivity index is 1.51. The van der Waals surface area contributed by atoms with Gasteiger partial charge >= 0.3 is 0 Å². The molecule has 2 N–H and O–H groups in total. The number of hydrogen-bond acceptors (Lipinski definition) is 4. The predicted octanol–water partition coefficient (Wildman–Crippen LogP) is 2.07. The van der Waals surface area contributed by atoms with Gasteiger partial charge in [-0.3, -0.25) is 19.6 Å². The Morgan fingerprint density at radius 3 is 2.31 bits per heavy atom. The fraction of sp³-hybridized carbons (Fsp3) is 0.667. The van der Waals surface area contributed by atoms with E-state index in [0.29, 0.717) is 44.9 Å². The highest BCUT2D eigenvalue weighted by molar-refractivity contribution is 5.79. The van der Waals surface area contributed by atoms with Crippen molar-refractivity contribution in [3.8, 4) is 0 Å². The number of hydrogen-bond donors (Lipinski definition) is 2. The van der Waals surface area contributed by atoms with E-state index in [9.17, 15) is 9.59 Å². The highest BCUT2D eigenvalue weighted by Crippen LogP contribution is 2.10. The number of carbonyl (C=O) groups is 2. The van der Waals surface area contributed by atoms with Gasteiger partial charge in [0.1, 0.15) is 0 Å². The number of unbranched alkanes of at least 4 members (excludes halogenated alkanes) is 2. The average molecular weight is 445 g/mol. The van der Waals surface area contributed by atoms with Gasteiger partial charge in [0.25, 0.3) is 0 Å². The fourth-order valence-corrected chi connectivity index (χ4v) is 3.70. The molecular weight excluding hydrogens is 404 g/mol. The molecule has 0 aliphatic carbocycles. The highest BCUT2D eigenvalue weighted by atomic mass is 16.2. The van der Waals surface area contributed by atoms with Crippen LogP contribution < -0.4 is 10.6 Å². The molecule has 0 bridgehead atoms. The summed E-state index contributed by atoms with van der Waals surface area (Å²) in [6.07, 6.45) is 6.70. The second-order valence-electron chi connectivity index (χ2n) is 8.67. The van der Waals surface area contributed by atoms with Crippen LogP contribution in [0.5, 0.6) is 0 Å². The molecule has 1 aromatic rings. The van der Waals surface area contributed by atoms with Crippen LogP contribution in [-0.2, 0) is 16.0 Å². The number of amides is 2. The average Bonchev–Trinajstić information content (AvgIpc) is 2.80. The number of rotatable bonds is 11. The number of pyridine rings is 1. The Morgan fingerprint density at radius 1 is 1.00 bits per heavy atom. The van der Waals surface area contributed by atoms with Gasteiger partial charge in [-0.25, -0.2) is 0 Å². The number of nitrogens with one attached hydrogen (secondary N) is 2. The number of aliphatic imine (C=N–C) groups is 1. The molecule has 1 saturated heterocycles. The minimum absolute atomic E-state index is 0.209. The number of aromatic nitrogens is 1. The fourth-order valence-electron chi connectivity index (χ4n) is 3.70. The molecule has 1 aromatic heterocycles. The highest BCUT2D eigenvalue weighted by Gasteiger charge is 2.23. The lowest BCUT2D eigenvalue weighted by Crippen LogP contribution is -2.50. The van der Waals surface area contributed by atoms with E-state index in [0.717, 1.165) is 50.4 Å². The maximum atomic E-state index is 12.4. The molecular formula is C24H40N6O2. The third kappa shape index (κ3) is 9.66. The second kappa shape index (κ2) is 14.4. The summed E-state index contributed by atoms with van der Waals surface area (Å²) < 4.78 is 0. The van der Waals surface area contributed by atoms with Gasteiger partial charge in [0.05, 0.1) is 0 Å². The molecule has 178 valence electrons. The SMILES string of the molecule is CN=C(NCCCCCC(=O)N1CCN(C(=O)CC(C)C)CC1)NCCc1ccccn1. The zero-order valence-electron chi connectivity index (χ0n) is 20.0. The summed E-state index contributed by atoms with van der Waals surface area (Å²) in [5.74, 6) is 1.59. The van der Waals surface area contributed by atoms with Crippen LogP contribution in [0.15, 0.2) is 29.4 Å². The molecule has 0 spiro atoms. The molecule has 8 nitrogen and oxygen atoms in total. The molecule has 0 aromatic carbocycles. The molecule has 1 aliphatic rings. The van der Waals surface area contributed by atoms with Gasteiger partial charge in [-0.05, 0) is 30.9 Å². The van der Waals surface area contributed by atoms with Crippen LogP contribution in [0, 0.1) is 5.92 Å². The van der Waals surface area contributed by atoms with E-state index in [2.05, 4.69) is 34.5 Å². The Hall–Kier alpha value is -2.64. The first-order chi connectivity index (χ1) is 15.5. The minimum atomic E-state index is 0.209. The Kier molecular flexibility index (Phi) is 11.6. The summed E-state index contributed by atoms with van der Waals surface area (Å²) in [5.41, 5.74) is 1.06. The summed E-state index contributed by atoms with van der Waals surface area (Å²) in [6, 6.07) is 5.93. The van der Waals surface area contributed by atoms with Crippen LogP contribution >= 0.6 is 0 Å². The molecule has 0 unspecified atom stereocenters. The van der Waals surface area contributed by atoms with Crippen molar-refractivity contribution in [2.45, 2.75) is 52.4 Å². The first kappa shape index (κ1) is 25.6. The van der Waals surface area contributed by atoms with Crippen molar-refractivity contribution in [1.82, 2.24) is 25.4 Å². The van der Waals surface area contributed by atoms with Crippen LogP contribution in [0.4, 0.5) is 0 Å². The van der Waals surface area contributed by atoms with Crippen molar-refractivity contribution >= 4 is 17.8 Å². The van der Waals surface area contributed by atoms with Crippen LogP contribution in [0.25, 0.3) is 0 Å². The minimum Gasteiger partial charge on any atom is -0.356 e. The number of nitrogens with zero attached hydrogens (tertiary/aromatic N) is 4. The van der Waals surface area contributed by atoms with Gasteiger partial charge in [-0.15, -0.1) is 0 Å². The summed E-state index contributed by atoms with van der Waals surface area (Å²) in [7, 11) is 1.77. The standard InChI is InChI=1S/C24H40N6O2/c1-20(2)19-23(32)30-17-15-29(16-18-30)22(31)10-5-4-7-13-27-24(25-3)28-14-11-21-9-6-8-12-26-21/h6,8-9,12,20H,4-5,7,10-11,13-19H2,1-3H3,(H2,25,27,28). The maximum Gasteiger partial charge on any atom is 0.222 e. The Morgan fingerprint density at radius 2 is 1.69 bits per heavy atom. The molecule has 2 rings (SSSR count). The molecule has 1 aliphatic heterocycles. The van der Waals surface area contributed by atoms with Gasteiger partial charge in [0.15, 0.2) is 5.96 Å². The van der Waals surface area contributed by atoms with Crippen molar-refractivity contribution in [3.63, 3.8) is 0 Å². The van der Waals surface area contributed by atoms with Gasteiger partial charge < -0.3 is 20.4 Å². The van der Waals surface area contributed by atoms with Crippen molar-refractivity contribution < 1.29 is 9.59 Å². The zero-order chi connectivity index (χ0) is 23.2. The van der Waals surface area contributed by atoms with Gasteiger partial charge in [-0.2, -0.15) is 0 Å². The van der Waals surface area contributed by atoms with Crippen molar-refractivity contribution in [3.05, 3.63) is 30.1 Å². The molecule has 2 heterocycles. The molecule has 32 heavy (non-hydrogen) atoms. The third-order valence-corrected chi connectivity index (χ3v) is 5.55. The summed E-state index contributed by atoms with van der Waals surface area (Å²) >= 11 is 0. The van der Waals surface area contributed by atoms with E-state index in [1.54, 1.807) is 7.05 Å². The van der Waals surface area contributed by atoms with Crippen molar-refractivity contribution in [2.75, 3.05) is 46.3 Å². The topological polar surface area (TPSA) is 89.9 Å². The lowest BCUT2D eigenvalue weighted by molar-refractivity contribution is -0.140. The van der Waals surface area contributed by atoms with Gasteiger partial charge in [-0.1, -0.05) is 26.3 Å². The Labute approximate surface area is 192 Å². The van der Waals surface area contributed by atoms with E-state index < -0.39 is 0 Å². The van der Waals surface area contributed by atoms with Crippen LogP contribution in [-0.4, -0.2) is 78.9 Å². The second-order valence-corrected chi connectivity index (χ2v) is 8.67. The van der Waals surface area contributed by atoms with Gasteiger partial charge in [0.2, 0.25) is 11.8 Å². The van der Waals surface area contributed by atoms with E-state index in [4.69, 9.17) is 0 Å². The van der Waals surface area contributed by atoms with E-state index in [1.807, 2.05) is 34.2 Å². The smallest absolute Gasteiger partial charge is 0.222 e. The third-order valence-electron chi connectivity index (χ3n) is 5.55. The largest absolute Gasteiger partial charge is 0.356 e. The van der Waals surface area contributed by atoms with Crippen LogP contribution in [0.1, 0.15) is 51.6 Å². The molecule has 2 amide bonds. The van der Waals surface area contributed by atoms with E-state index >= 15 is 0 Å². The molecule has 0 radical (unpaired) electrons. The molecule has 0 atom stereocenters. The maximum absolute atomic E-state index is 12.4. The lowest BCUT2D eigenvalue weighted by Gasteiger charge is -2.35. The van der Waals surface area contributed by atoms with Crippen LogP contribution in [0.3, 0.4) is 0 Å². The normalized spacial score (nSPS) is 14.6. The van der Waals surface area contributed by atoms with E-state index in [1.165, 1.54) is 0 Å². The van der Waals surface area contributed by atoms with E-state index in [-0.39, 0.29) is 11.8 Å². The van der Waals surface area contributed by atoms with Gasteiger partial charge in [0, 0.05) is 77.5 Å².